The van der Waals surface area contributed by atoms with Crippen LogP contribution in [0.4, 0.5) is 0 Å². The molecule has 14 heteroatoms. The monoisotopic (exact) mass is 928 g/mol. The first-order valence-corrected chi connectivity index (χ1v) is 21.7. The number of rotatable bonds is 18. The van der Waals surface area contributed by atoms with Gasteiger partial charge in [-0.05, 0) is 78.4 Å². The van der Waals surface area contributed by atoms with Crippen molar-refractivity contribution in [3.05, 3.63) is 222 Å². The Morgan fingerprint density at radius 1 is 0.551 bits per heavy atom. The highest BCUT2D eigenvalue weighted by atomic mass is 16.7. The summed E-state index contributed by atoms with van der Waals surface area (Å²) >= 11 is 0. The average Bonchev–Trinajstić information content (AvgIpc) is 3.39. The molecule has 8 rings (SSSR count). The Labute approximate surface area is 395 Å². The van der Waals surface area contributed by atoms with Gasteiger partial charge in [0, 0.05) is 0 Å². The molecule has 0 bridgehead atoms. The molecule has 0 amide bonds. The van der Waals surface area contributed by atoms with Crippen molar-refractivity contribution in [2.24, 2.45) is 0 Å². The zero-order valence-corrected chi connectivity index (χ0v) is 36.9. The Morgan fingerprint density at radius 3 is 1.58 bits per heavy atom. The Bertz CT molecular complexity index is 2970. The molecule has 7 aromatic rings. The Kier molecular flexibility index (Phi) is 15.0. The number of benzene rings is 6. The van der Waals surface area contributed by atoms with Crippen molar-refractivity contribution in [2.45, 2.75) is 30.7 Å². The summed E-state index contributed by atoms with van der Waals surface area (Å²) in [6, 6.07) is 41.9. The predicted octanol–water partition coefficient (Wildman–Crippen LogP) is 9.23. The van der Waals surface area contributed by atoms with Crippen molar-refractivity contribution in [2.75, 3.05) is 19.8 Å². The first kappa shape index (κ1) is 46.8. The lowest BCUT2D eigenvalue weighted by molar-refractivity contribution is -0.275. The number of carbonyl (C=O) groups excluding carboxylic acids is 4. The van der Waals surface area contributed by atoms with Gasteiger partial charge in [-0.25, -0.2) is 19.2 Å². The third-order valence-corrected chi connectivity index (χ3v) is 10.7. The number of ether oxygens (including phenoxy) is 8. The smallest absolute Gasteiger partial charge is 0.338 e. The molecule has 348 valence electrons. The maximum Gasteiger partial charge on any atom is 0.338 e. The second-order valence-corrected chi connectivity index (χ2v) is 15.3. The van der Waals surface area contributed by atoms with Crippen LogP contribution in [0.2, 0.25) is 0 Å². The molecule has 0 radical (unpaired) electrons. The fraction of sp³-hybridized carbons (Fsp3) is 0.145. The van der Waals surface area contributed by atoms with Crippen LogP contribution in [0.15, 0.2) is 199 Å². The van der Waals surface area contributed by atoms with Crippen molar-refractivity contribution in [1.82, 2.24) is 0 Å². The fourth-order valence-electron chi connectivity index (χ4n) is 7.36. The molecule has 0 unspecified atom stereocenters. The van der Waals surface area contributed by atoms with E-state index in [0.29, 0.717) is 17.9 Å². The van der Waals surface area contributed by atoms with Crippen molar-refractivity contribution < 1.29 is 61.5 Å². The quantitative estimate of drug-likeness (QED) is 0.0453. The van der Waals surface area contributed by atoms with Gasteiger partial charge in [0.1, 0.15) is 37.9 Å². The van der Waals surface area contributed by atoms with Crippen molar-refractivity contribution >= 4 is 34.8 Å². The summed E-state index contributed by atoms with van der Waals surface area (Å²) in [6.07, 6.45) is -3.87. The van der Waals surface area contributed by atoms with E-state index in [1.165, 1.54) is 60.9 Å². The van der Waals surface area contributed by atoms with Gasteiger partial charge in [0.25, 0.3) is 0 Å². The van der Waals surface area contributed by atoms with Crippen LogP contribution in [0.1, 0.15) is 41.4 Å². The largest absolute Gasteiger partial charge is 0.490 e. The van der Waals surface area contributed by atoms with E-state index in [9.17, 15) is 24.0 Å². The summed E-state index contributed by atoms with van der Waals surface area (Å²) in [6.45, 7) is 7.06. The topological polar surface area (TPSA) is 172 Å². The molecule has 1 saturated heterocycles. The Balaban J connectivity index is 1.23. The lowest BCUT2D eigenvalue weighted by Gasteiger charge is -2.44. The summed E-state index contributed by atoms with van der Waals surface area (Å²) in [5.74, 6) is -2.95. The molecule has 6 aromatic carbocycles. The van der Waals surface area contributed by atoms with Crippen LogP contribution < -0.4 is 19.6 Å². The number of carbonyl (C=O) groups is 4. The van der Waals surface area contributed by atoms with Gasteiger partial charge in [0.2, 0.25) is 23.6 Å². The highest BCUT2D eigenvalue weighted by Crippen LogP contribution is 2.40. The second-order valence-electron chi connectivity index (χ2n) is 15.3. The van der Waals surface area contributed by atoms with Gasteiger partial charge in [-0.3, -0.25) is 4.79 Å². The lowest BCUT2D eigenvalue weighted by atomic mass is 9.97. The van der Waals surface area contributed by atoms with E-state index in [1.807, 2.05) is 0 Å². The van der Waals surface area contributed by atoms with E-state index < -0.39 is 66.6 Å². The summed E-state index contributed by atoms with van der Waals surface area (Å²) in [4.78, 5) is 69.8. The van der Waals surface area contributed by atoms with Crippen LogP contribution in [0.5, 0.6) is 17.2 Å². The molecule has 14 nitrogen and oxygen atoms in total. The van der Waals surface area contributed by atoms with Crippen LogP contribution >= 0.6 is 0 Å². The summed E-state index contributed by atoms with van der Waals surface area (Å²) in [5, 5.41) is 0.121. The van der Waals surface area contributed by atoms with Gasteiger partial charge in [0.15, 0.2) is 23.5 Å². The van der Waals surface area contributed by atoms with Gasteiger partial charge in [-0.2, -0.15) is 0 Å². The first-order chi connectivity index (χ1) is 33.7. The minimum atomic E-state index is -1.74. The minimum Gasteiger partial charge on any atom is -0.490 e. The summed E-state index contributed by atoms with van der Waals surface area (Å²) in [5.41, 5.74) is 0.942. The molecule has 1 fully saturated rings. The number of fused-ring (bicyclic) bond motifs is 1. The van der Waals surface area contributed by atoms with E-state index in [1.54, 1.807) is 115 Å². The second kappa shape index (κ2) is 22.2. The van der Waals surface area contributed by atoms with E-state index in [2.05, 4.69) is 13.2 Å². The third kappa shape index (κ3) is 11.1. The number of esters is 4. The van der Waals surface area contributed by atoms with E-state index in [4.69, 9.17) is 42.3 Å². The molecule has 0 spiro atoms. The predicted molar refractivity (Wildman–Crippen MR) is 252 cm³/mol. The molecule has 2 heterocycles. The molecular weight excluding hydrogens is 885 g/mol. The molecule has 0 saturated carbocycles. The Hall–Kier alpha value is -8.75. The fourth-order valence-corrected chi connectivity index (χ4v) is 7.36. The van der Waals surface area contributed by atoms with Gasteiger partial charge in [-0.1, -0.05) is 110 Å². The molecule has 1 aliphatic heterocycles. The molecule has 1 aliphatic rings. The highest BCUT2D eigenvalue weighted by Gasteiger charge is 2.54. The van der Waals surface area contributed by atoms with Crippen molar-refractivity contribution in [1.29, 1.82) is 0 Å². The first-order valence-electron chi connectivity index (χ1n) is 21.7. The molecule has 5 atom stereocenters. The van der Waals surface area contributed by atoms with Crippen LogP contribution in [0.25, 0.3) is 22.1 Å². The van der Waals surface area contributed by atoms with E-state index in [0.717, 1.165) is 0 Å². The molecule has 1 aromatic heterocycles. The van der Waals surface area contributed by atoms with Gasteiger partial charge < -0.3 is 42.3 Å². The molecular formula is C55H44O14. The van der Waals surface area contributed by atoms with Crippen LogP contribution in [0.3, 0.4) is 0 Å². The van der Waals surface area contributed by atoms with Gasteiger partial charge in [0.05, 0.1) is 33.2 Å². The zero-order chi connectivity index (χ0) is 48.1. The third-order valence-electron chi connectivity index (χ3n) is 10.7. The normalized spacial score (nSPS) is 17.4. The van der Waals surface area contributed by atoms with Crippen molar-refractivity contribution in [3.8, 4) is 28.4 Å². The standard InChI is InChI=1S/C55H44O14/c1-3-31-61-40-27-25-35(26-28-40)42-33-63-46-41(45(42)56)29-30-43(47(46)62-32-4-2)65-55-50(69-54(60)39-23-15-8-16-24-39)49(68-53(59)38-21-13-7-14-22-38)48(67-52(58)37-19-11-6-12-20-37)44(66-55)34-64-51(57)36-17-9-5-10-18-36/h3-30,33,44,48-50,55H,1-2,31-32,34H2/t44-,48-,49+,50+,55+/m1/s1. The number of hydrogen-bond donors (Lipinski definition) is 0. The molecule has 69 heavy (non-hydrogen) atoms. The van der Waals surface area contributed by atoms with Crippen molar-refractivity contribution in [3.63, 3.8) is 0 Å². The Morgan fingerprint density at radius 2 is 1.04 bits per heavy atom. The van der Waals surface area contributed by atoms with Crippen LogP contribution in [0, 0.1) is 0 Å². The zero-order valence-electron chi connectivity index (χ0n) is 36.9. The maximum atomic E-state index is 14.1. The minimum absolute atomic E-state index is 0.0160. The maximum absolute atomic E-state index is 14.1. The van der Waals surface area contributed by atoms with E-state index >= 15 is 0 Å². The van der Waals surface area contributed by atoms with Gasteiger partial charge in [-0.15, -0.1) is 0 Å². The van der Waals surface area contributed by atoms with Crippen LogP contribution in [-0.2, 0) is 23.7 Å². The van der Waals surface area contributed by atoms with E-state index in [-0.39, 0.29) is 56.9 Å². The number of hydrogen-bond acceptors (Lipinski definition) is 14. The average molecular weight is 929 g/mol. The summed E-state index contributed by atoms with van der Waals surface area (Å²) < 4.78 is 55.3. The molecule has 0 aliphatic carbocycles. The SMILES string of the molecule is C=CCOc1ccc(-c2coc3c(OCC=C)c(O[C@H]4O[C@H](COC(=O)c5ccccc5)[C@@H](OC(=O)c5ccccc5)[C@H](OC(=O)c5ccccc5)[C@@H]4OC(=O)c4ccccc4)ccc3c2=O)cc1. The molecule has 0 N–H and O–H groups in total. The van der Waals surface area contributed by atoms with Crippen LogP contribution in [-0.4, -0.2) is 74.4 Å². The lowest BCUT2D eigenvalue weighted by Crippen LogP contribution is -2.64. The highest BCUT2D eigenvalue weighted by molar-refractivity contribution is 5.92. The van der Waals surface area contributed by atoms with Gasteiger partial charge >= 0.3 is 23.9 Å². The summed E-state index contributed by atoms with van der Waals surface area (Å²) in [7, 11) is 0.